The Morgan fingerprint density at radius 3 is 2.62 bits per heavy atom. The fourth-order valence-electron chi connectivity index (χ4n) is 10.6. The van der Waals surface area contributed by atoms with Gasteiger partial charge in [-0.1, -0.05) is 40.3 Å². The number of carbonyl (C=O) groups is 5. The van der Waals surface area contributed by atoms with E-state index in [1.54, 1.807) is 19.1 Å². The van der Waals surface area contributed by atoms with Crippen molar-refractivity contribution in [3.8, 4) is 22.5 Å². The van der Waals surface area contributed by atoms with Crippen LogP contribution in [-0.2, 0) is 65.8 Å². The number of likely N-dealkylation sites (N-methyl/N-ethyl adjacent to an activating group) is 2. The van der Waals surface area contributed by atoms with E-state index >= 15 is 0 Å². The summed E-state index contributed by atoms with van der Waals surface area (Å²) in [7, 11) is 5.47. The minimum Gasteiger partial charge on any atom is -0.464 e. The molecule has 2 fully saturated rings. The van der Waals surface area contributed by atoms with E-state index in [1.807, 2.05) is 19.2 Å². The Morgan fingerprint density at radius 1 is 1.12 bits per heavy atom. The molecule has 69 heavy (non-hydrogen) atoms. The smallest absolute Gasteiger partial charge is 0.324 e. The molecule has 0 saturated carbocycles. The Morgan fingerprint density at radius 2 is 1.90 bits per heavy atom. The zero-order valence-electron chi connectivity index (χ0n) is 41.7. The van der Waals surface area contributed by atoms with Crippen LogP contribution in [0, 0.1) is 17.3 Å². The Hall–Kier alpha value is -5.49. The molecule has 3 aromatic heterocycles. The van der Waals surface area contributed by atoms with Gasteiger partial charge in [0, 0.05) is 105 Å². The maximum Gasteiger partial charge on any atom is 0.324 e. The Balaban J connectivity index is 1.19. The van der Waals surface area contributed by atoms with Crippen molar-refractivity contribution in [3.05, 3.63) is 69.8 Å². The van der Waals surface area contributed by atoms with E-state index in [9.17, 15) is 24.0 Å². The molecule has 4 amide bonds. The summed E-state index contributed by atoms with van der Waals surface area (Å²) in [5, 5.41) is 8.15. The third-order valence-electron chi connectivity index (χ3n) is 14.4. The number of hydrogen-bond donors (Lipinski definition) is 2. The number of aromatic nitrogens is 3. The molecular weight excluding hydrogens is 895 g/mol. The molecule has 4 aliphatic heterocycles. The van der Waals surface area contributed by atoms with Gasteiger partial charge < -0.3 is 34.1 Å². The highest BCUT2D eigenvalue weighted by atomic mass is 32.1. The third-order valence-corrected chi connectivity index (χ3v) is 15.3. The number of hydrazine groups is 1. The first kappa shape index (κ1) is 49.9. The van der Waals surface area contributed by atoms with E-state index in [2.05, 4.69) is 85.8 Å². The van der Waals surface area contributed by atoms with Gasteiger partial charge in [-0.2, -0.15) is 0 Å². The van der Waals surface area contributed by atoms with E-state index in [-0.39, 0.29) is 43.4 Å². The largest absolute Gasteiger partial charge is 0.464 e. The van der Waals surface area contributed by atoms with E-state index in [0.29, 0.717) is 50.3 Å². The molecule has 1 unspecified atom stereocenters. The maximum absolute atomic E-state index is 14.7. The van der Waals surface area contributed by atoms with Crippen LogP contribution in [0.25, 0.3) is 33.4 Å². The first-order chi connectivity index (χ1) is 32.9. The van der Waals surface area contributed by atoms with Crippen LogP contribution in [0.2, 0.25) is 0 Å². The molecule has 8 rings (SSSR count). The standard InChI is InChI=1S/C52H69N9O7S/c1-11-44(62)59-21-17-33(27-59)49(64)58(9)46(30(3)4)48(63)55-40-24-43-53-41(28-69-43)32-15-16-42-35(22-32)37(25-52(6,7)29-68-51(66)39-14-13-19-61(56-39)50(40)65)47(60(42)12-2)36-23-34-26-57(8)20-18-38(34)54-45(36)31(5)67-10/h11,15-16,22-23,28,30-31,33,39-40,46,56H,1,12-14,17-21,24-27,29H2,2-10H3,(H,55,63)/t31-,33-,39-,40-,46?/m0/s1. The highest BCUT2D eigenvalue weighted by molar-refractivity contribution is 7.10. The topological polar surface area (TPSA) is 172 Å². The molecule has 4 aromatic rings. The number of pyridine rings is 1. The van der Waals surface area contributed by atoms with Crippen molar-refractivity contribution in [2.24, 2.45) is 17.3 Å². The normalized spacial score (nSPS) is 21.9. The molecule has 2 saturated heterocycles. The molecule has 0 aliphatic carbocycles. The monoisotopic (exact) mass is 964 g/mol. The van der Waals surface area contributed by atoms with Crippen LogP contribution in [0.5, 0.6) is 0 Å². The van der Waals surface area contributed by atoms with Gasteiger partial charge >= 0.3 is 5.97 Å². The summed E-state index contributed by atoms with van der Waals surface area (Å²) in [4.78, 5) is 85.3. The third kappa shape index (κ3) is 10.2. The Kier molecular flexibility index (Phi) is 14.8. The highest BCUT2D eigenvalue weighted by Crippen LogP contribution is 2.43. The minimum atomic E-state index is -1.09. The van der Waals surface area contributed by atoms with E-state index in [1.165, 1.54) is 32.9 Å². The van der Waals surface area contributed by atoms with Gasteiger partial charge in [-0.05, 0) is 87.9 Å². The van der Waals surface area contributed by atoms with Crippen LogP contribution >= 0.6 is 11.3 Å². The molecule has 6 bridgehead atoms. The van der Waals surface area contributed by atoms with Gasteiger partial charge in [0.05, 0.1) is 40.7 Å². The van der Waals surface area contributed by atoms with Crippen molar-refractivity contribution in [2.75, 3.05) is 54.0 Å². The first-order valence-corrected chi connectivity index (χ1v) is 25.4. The fraction of sp³-hybridized carbons (Fsp3) is 0.558. The number of nitrogens with zero attached hydrogens (tertiary/aromatic N) is 7. The summed E-state index contributed by atoms with van der Waals surface area (Å²) in [6.45, 7) is 19.3. The van der Waals surface area contributed by atoms with Crippen LogP contribution in [0.4, 0.5) is 0 Å². The molecular formula is C52H69N9O7S. The molecule has 0 radical (unpaired) electrons. The van der Waals surface area contributed by atoms with Gasteiger partial charge in [-0.15, -0.1) is 11.3 Å². The molecule has 5 atom stereocenters. The lowest BCUT2D eigenvalue weighted by Crippen LogP contribution is -2.62. The second-order valence-corrected chi connectivity index (χ2v) is 21.4. The number of ether oxygens (including phenoxy) is 2. The van der Waals surface area contributed by atoms with Gasteiger partial charge in [0.1, 0.15) is 18.1 Å². The zero-order chi connectivity index (χ0) is 49.5. The number of hydrogen-bond acceptors (Lipinski definition) is 12. The van der Waals surface area contributed by atoms with Crippen molar-refractivity contribution in [2.45, 2.75) is 117 Å². The van der Waals surface area contributed by atoms with Crippen molar-refractivity contribution in [1.82, 2.24) is 45.0 Å². The number of likely N-dealkylation sites (tertiary alicyclic amines) is 1. The summed E-state index contributed by atoms with van der Waals surface area (Å²) in [5.41, 5.74) is 11.8. The zero-order valence-corrected chi connectivity index (χ0v) is 42.5. The molecule has 370 valence electrons. The number of esters is 1. The van der Waals surface area contributed by atoms with Gasteiger partial charge in [0.25, 0.3) is 5.91 Å². The number of nitrogens with one attached hydrogen (secondary N) is 2. The van der Waals surface area contributed by atoms with Gasteiger partial charge in [0.15, 0.2) is 0 Å². The number of rotatable bonds is 10. The number of thiazole rings is 1. The average Bonchev–Trinajstić information content (AvgIpc) is 4.09. The second kappa shape index (κ2) is 20.5. The number of benzene rings is 1. The number of carbonyl (C=O) groups excluding carboxylic acids is 5. The summed E-state index contributed by atoms with van der Waals surface area (Å²) in [5.74, 6) is -2.62. The van der Waals surface area contributed by atoms with Crippen LogP contribution in [0.3, 0.4) is 0 Å². The predicted molar refractivity (Wildman–Crippen MR) is 266 cm³/mol. The number of amides is 4. The van der Waals surface area contributed by atoms with Gasteiger partial charge in [-0.3, -0.25) is 34.0 Å². The molecule has 1 aromatic carbocycles. The van der Waals surface area contributed by atoms with Crippen LogP contribution < -0.4 is 10.7 Å². The lowest BCUT2D eigenvalue weighted by molar-refractivity contribution is -0.155. The number of methoxy groups -OCH3 is 1. The van der Waals surface area contributed by atoms with E-state index in [0.717, 1.165) is 69.9 Å². The molecule has 0 spiro atoms. The van der Waals surface area contributed by atoms with Crippen molar-refractivity contribution < 1.29 is 33.4 Å². The van der Waals surface area contributed by atoms with Gasteiger partial charge in [-0.25, -0.2) is 10.4 Å². The second-order valence-electron chi connectivity index (χ2n) is 20.5. The van der Waals surface area contributed by atoms with E-state index < -0.39 is 47.2 Å². The summed E-state index contributed by atoms with van der Waals surface area (Å²) in [6.07, 6.45) is 3.98. The van der Waals surface area contributed by atoms with Crippen LogP contribution in [0.15, 0.2) is 42.3 Å². The van der Waals surface area contributed by atoms with Crippen molar-refractivity contribution >= 4 is 51.8 Å². The van der Waals surface area contributed by atoms with Gasteiger partial charge in [0.2, 0.25) is 17.7 Å². The minimum absolute atomic E-state index is 0.0747. The summed E-state index contributed by atoms with van der Waals surface area (Å²) >= 11 is 1.41. The first-order valence-electron chi connectivity index (χ1n) is 24.5. The Labute approximate surface area is 409 Å². The van der Waals surface area contributed by atoms with Crippen molar-refractivity contribution in [3.63, 3.8) is 0 Å². The lowest BCUT2D eigenvalue weighted by Gasteiger charge is -2.36. The number of fused-ring (bicyclic) bond motifs is 7. The van der Waals surface area contributed by atoms with Crippen LogP contribution in [-0.4, -0.2) is 136 Å². The molecule has 2 N–H and O–H groups in total. The SMILES string of the molecule is C=CC(=O)N1CC[C@H](C(=O)N(C)C(C(=O)N[C@H]2Cc3nc(cs3)-c3ccc4c(c3)c(c(-c3cc5c(nc3[C@H](C)OC)CCN(C)C5)n4CC)CC(C)(C)COC(=O)[C@@H]3CCCN(N3)C2=O)C(C)C)C1. The lowest BCUT2D eigenvalue weighted by atomic mass is 9.84. The fourth-order valence-corrected chi connectivity index (χ4v) is 11.5. The predicted octanol–water partition coefficient (Wildman–Crippen LogP) is 5.71. The average molecular weight is 964 g/mol. The van der Waals surface area contributed by atoms with Crippen molar-refractivity contribution in [1.29, 1.82) is 0 Å². The Bertz CT molecular complexity index is 2640. The van der Waals surface area contributed by atoms with Crippen LogP contribution in [0.1, 0.15) is 94.4 Å². The summed E-state index contributed by atoms with van der Waals surface area (Å²) < 4.78 is 14.6. The number of cyclic esters (lactones) is 1. The quantitative estimate of drug-likeness (QED) is 0.148. The maximum atomic E-state index is 14.7. The highest BCUT2D eigenvalue weighted by Gasteiger charge is 2.40. The molecule has 7 heterocycles. The molecule has 4 aliphatic rings. The number of aryl methyl sites for hydroxylation is 1. The molecule has 17 heteroatoms. The molecule has 16 nitrogen and oxygen atoms in total. The summed E-state index contributed by atoms with van der Waals surface area (Å²) in [6, 6.07) is 5.97. The van der Waals surface area contributed by atoms with E-state index in [4.69, 9.17) is 19.4 Å².